The largest absolute Gasteiger partial charge is 0.480 e. The van der Waals surface area contributed by atoms with Crippen molar-refractivity contribution in [3.05, 3.63) is 36.0 Å². The predicted octanol–water partition coefficient (Wildman–Crippen LogP) is 0.189. The third-order valence-corrected chi connectivity index (χ3v) is 6.71. The Bertz CT molecular complexity index is 1030. The molecule has 0 radical (unpaired) electrons. The predicted molar refractivity (Wildman–Crippen MR) is 144 cm³/mol. The van der Waals surface area contributed by atoms with Crippen molar-refractivity contribution in [2.45, 2.75) is 37.0 Å². The van der Waals surface area contributed by atoms with E-state index in [2.05, 4.69) is 46.2 Å². The lowest BCUT2D eigenvalue weighted by Gasteiger charge is -2.24. The van der Waals surface area contributed by atoms with Crippen LogP contribution in [0.5, 0.6) is 0 Å². The molecule has 192 valence electrons. The maximum Gasteiger partial charge on any atom is 0.326 e. The van der Waals surface area contributed by atoms with Gasteiger partial charge in [0.25, 0.3) is 0 Å². The van der Waals surface area contributed by atoms with Crippen LogP contribution in [0, 0.1) is 0 Å². The lowest BCUT2D eigenvalue weighted by molar-refractivity contribution is -0.142. The highest BCUT2D eigenvalue weighted by atomic mass is 32.2. The number of thiol groups is 2. The van der Waals surface area contributed by atoms with E-state index in [0.717, 1.165) is 16.5 Å². The molecule has 13 heteroatoms. The lowest BCUT2D eigenvalue weighted by Crippen LogP contribution is -2.58. The number of nitrogens with one attached hydrogen (secondary N) is 4. The summed E-state index contributed by atoms with van der Waals surface area (Å²) in [6.45, 7) is 0. The zero-order chi connectivity index (χ0) is 26.0. The average molecular weight is 542 g/mol. The number of nitrogens with two attached hydrogens (primary N) is 1. The summed E-state index contributed by atoms with van der Waals surface area (Å²) in [4.78, 5) is 53.1. The zero-order valence-electron chi connectivity index (χ0n) is 19.2. The lowest BCUT2D eigenvalue weighted by atomic mass is 10.0. The van der Waals surface area contributed by atoms with Crippen molar-refractivity contribution in [3.8, 4) is 0 Å². The van der Waals surface area contributed by atoms with Crippen molar-refractivity contribution >= 4 is 71.6 Å². The van der Waals surface area contributed by atoms with Crippen LogP contribution in [-0.4, -0.2) is 81.5 Å². The summed E-state index contributed by atoms with van der Waals surface area (Å²) in [5, 5.41) is 18.1. The van der Waals surface area contributed by atoms with Crippen molar-refractivity contribution < 1.29 is 24.3 Å². The number of hydrogen-bond donors (Lipinski definition) is 8. The standard InChI is InChI=1S/C22H31N5O5S3/c1-35-7-6-16(22(31)32)25-20(29)17(8-12-9-24-15-5-3-2-4-13(12)15)26-21(30)18(11-34)27-19(28)14(23)10-33/h2-5,9,14,16-18,24,33-34H,6-8,10-11,23H2,1H3,(H,25,29)(H,26,30)(H,27,28)(H,31,32). The fourth-order valence-corrected chi connectivity index (χ4v) is 4.22. The monoisotopic (exact) mass is 541 g/mol. The van der Waals surface area contributed by atoms with Gasteiger partial charge in [-0.25, -0.2) is 4.79 Å². The molecule has 4 atom stereocenters. The van der Waals surface area contributed by atoms with Gasteiger partial charge in [0.1, 0.15) is 18.1 Å². The minimum Gasteiger partial charge on any atom is -0.480 e. The summed E-state index contributed by atoms with van der Waals surface area (Å²) in [6, 6.07) is 3.31. The van der Waals surface area contributed by atoms with Crippen molar-refractivity contribution in [2.75, 3.05) is 23.5 Å². The van der Waals surface area contributed by atoms with E-state index in [-0.39, 0.29) is 24.3 Å². The van der Waals surface area contributed by atoms with Gasteiger partial charge in [-0.1, -0.05) is 18.2 Å². The first-order valence-corrected chi connectivity index (χ1v) is 13.5. The van der Waals surface area contributed by atoms with Crippen LogP contribution in [0.3, 0.4) is 0 Å². The highest BCUT2D eigenvalue weighted by molar-refractivity contribution is 7.98. The van der Waals surface area contributed by atoms with E-state index in [1.807, 2.05) is 30.5 Å². The first kappa shape index (κ1) is 28.9. The molecule has 0 saturated carbocycles. The molecule has 4 unspecified atom stereocenters. The number of thioether (sulfide) groups is 1. The second-order valence-corrected chi connectivity index (χ2v) is 9.55. The topological polar surface area (TPSA) is 166 Å². The number of carboxylic acids is 1. The van der Waals surface area contributed by atoms with E-state index < -0.39 is 47.9 Å². The molecular formula is C22H31N5O5S3. The molecule has 0 fully saturated rings. The smallest absolute Gasteiger partial charge is 0.326 e. The number of para-hydroxylation sites is 1. The van der Waals surface area contributed by atoms with Gasteiger partial charge in [-0.2, -0.15) is 37.0 Å². The van der Waals surface area contributed by atoms with Gasteiger partial charge in [0, 0.05) is 35.0 Å². The molecule has 35 heavy (non-hydrogen) atoms. The number of H-pyrrole nitrogens is 1. The maximum absolute atomic E-state index is 13.2. The van der Waals surface area contributed by atoms with E-state index in [4.69, 9.17) is 5.73 Å². The summed E-state index contributed by atoms with van der Waals surface area (Å²) < 4.78 is 0. The molecule has 10 nitrogen and oxygen atoms in total. The van der Waals surface area contributed by atoms with Crippen LogP contribution >= 0.6 is 37.0 Å². The van der Waals surface area contributed by atoms with Gasteiger partial charge in [-0.3, -0.25) is 14.4 Å². The maximum atomic E-state index is 13.2. The SMILES string of the molecule is CSCCC(NC(=O)C(Cc1c[nH]c2ccccc12)NC(=O)C(CS)NC(=O)C(N)CS)C(=O)O. The highest BCUT2D eigenvalue weighted by Crippen LogP contribution is 2.19. The molecule has 1 aromatic heterocycles. The number of aromatic nitrogens is 1. The highest BCUT2D eigenvalue weighted by Gasteiger charge is 2.30. The summed E-state index contributed by atoms with van der Waals surface area (Å²) in [5.74, 6) is -2.44. The fourth-order valence-electron chi connectivity index (χ4n) is 3.32. The quantitative estimate of drug-likeness (QED) is 0.158. The molecule has 0 bridgehead atoms. The van der Waals surface area contributed by atoms with Crippen LogP contribution in [-0.2, 0) is 25.6 Å². The number of benzene rings is 1. The molecule has 7 N–H and O–H groups in total. The number of carboxylic acid groups (broad SMARTS) is 1. The van der Waals surface area contributed by atoms with Crippen LogP contribution in [0.2, 0.25) is 0 Å². The van der Waals surface area contributed by atoms with Gasteiger partial charge in [0.15, 0.2) is 0 Å². The number of carbonyl (C=O) groups is 4. The average Bonchev–Trinajstić information content (AvgIpc) is 3.26. The van der Waals surface area contributed by atoms with Crippen LogP contribution in [0.15, 0.2) is 30.5 Å². The van der Waals surface area contributed by atoms with E-state index in [1.165, 1.54) is 11.8 Å². The normalized spacial score (nSPS) is 14.5. The number of aromatic amines is 1. The molecule has 2 aromatic rings. The fraction of sp³-hybridized carbons (Fsp3) is 0.455. The van der Waals surface area contributed by atoms with E-state index in [0.29, 0.717) is 5.75 Å². The number of rotatable bonds is 14. The Morgan fingerprint density at radius 1 is 1.00 bits per heavy atom. The molecule has 1 heterocycles. The molecule has 1 aromatic carbocycles. The molecule has 0 aliphatic carbocycles. The van der Waals surface area contributed by atoms with E-state index >= 15 is 0 Å². The Balaban J connectivity index is 2.26. The van der Waals surface area contributed by atoms with Crippen LogP contribution < -0.4 is 21.7 Å². The Kier molecular flexibility index (Phi) is 11.8. The van der Waals surface area contributed by atoms with Crippen molar-refractivity contribution in [1.82, 2.24) is 20.9 Å². The molecule has 2 rings (SSSR count). The van der Waals surface area contributed by atoms with E-state index in [9.17, 15) is 24.3 Å². The number of hydrogen-bond acceptors (Lipinski definition) is 8. The second kappa shape index (κ2) is 14.3. The Morgan fingerprint density at radius 2 is 1.63 bits per heavy atom. The third kappa shape index (κ3) is 8.37. The van der Waals surface area contributed by atoms with Gasteiger partial charge in [-0.05, 0) is 30.1 Å². The van der Waals surface area contributed by atoms with Gasteiger partial charge in [0.2, 0.25) is 17.7 Å². The minimum absolute atomic E-state index is 0.0379. The number of aliphatic carboxylic acids is 1. The first-order valence-electron chi connectivity index (χ1n) is 10.9. The van der Waals surface area contributed by atoms with Crippen LogP contribution in [0.4, 0.5) is 0 Å². The number of carbonyl (C=O) groups excluding carboxylic acids is 3. The molecule has 3 amide bonds. The Hall–Kier alpha value is -2.35. The Labute approximate surface area is 218 Å². The van der Waals surface area contributed by atoms with Crippen LogP contribution in [0.25, 0.3) is 10.9 Å². The molecule has 0 saturated heterocycles. The van der Waals surface area contributed by atoms with Gasteiger partial charge < -0.3 is 31.8 Å². The first-order chi connectivity index (χ1) is 16.7. The minimum atomic E-state index is -1.16. The van der Waals surface area contributed by atoms with Gasteiger partial charge in [-0.15, -0.1) is 0 Å². The third-order valence-electron chi connectivity index (χ3n) is 5.31. The molecular weight excluding hydrogens is 510 g/mol. The summed E-state index contributed by atoms with van der Waals surface area (Å²) in [7, 11) is 0. The van der Waals surface area contributed by atoms with Crippen LogP contribution in [0.1, 0.15) is 12.0 Å². The van der Waals surface area contributed by atoms with Crippen molar-refractivity contribution in [1.29, 1.82) is 0 Å². The van der Waals surface area contributed by atoms with E-state index in [1.54, 1.807) is 6.20 Å². The van der Waals surface area contributed by atoms with Crippen molar-refractivity contribution in [3.63, 3.8) is 0 Å². The van der Waals surface area contributed by atoms with Gasteiger partial charge >= 0.3 is 5.97 Å². The summed E-state index contributed by atoms with van der Waals surface area (Å²) >= 11 is 9.58. The van der Waals surface area contributed by atoms with Gasteiger partial charge in [0.05, 0.1) is 6.04 Å². The zero-order valence-corrected chi connectivity index (χ0v) is 21.8. The number of fused-ring (bicyclic) bond motifs is 1. The molecule has 0 aliphatic rings. The van der Waals surface area contributed by atoms with Crippen molar-refractivity contribution in [2.24, 2.45) is 5.73 Å². The summed E-state index contributed by atoms with van der Waals surface area (Å²) in [6.07, 6.45) is 3.90. The second-order valence-electron chi connectivity index (χ2n) is 7.84. The molecule has 0 aliphatic heterocycles. The molecule has 0 spiro atoms. The number of amides is 3. The summed E-state index contributed by atoms with van der Waals surface area (Å²) in [5.41, 5.74) is 7.29. The Morgan fingerprint density at radius 3 is 2.26 bits per heavy atom.